The third-order valence-corrected chi connectivity index (χ3v) is 8.06. The Morgan fingerprint density at radius 1 is 1.03 bits per heavy atom. The van der Waals surface area contributed by atoms with Crippen LogP contribution >= 0.6 is 0 Å². The SMILES string of the molecule is COC(=O)c1c(C)[nH]c(C(=O)[C@@H](C)N2CCCN(S(=O)(=O)c3ccc(C)cc3)CC2)c1C. The molecule has 1 aromatic heterocycles. The molecular formula is C23H31N3O5S. The lowest BCUT2D eigenvalue weighted by Crippen LogP contribution is -2.42. The van der Waals surface area contributed by atoms with Crippen LogP contribution in [0.25, 0.3) is 0 Å². The molecule has 32 heavy (non-hydrogen) atoms. The van der Waals surface area contributed by atoms with E-state index >= 15 is 0 Å². The Hall–Kier alpha value is -2.49. The van der Waals surface area contributed by atoms with E-state index in [0.29, 0.717) is 55.1 Å². The van der Waals surface area contributed by atoms with E-state index < -0.39 is 22.0 Å². The molecule has 0 amide bonds. The molecule has 0 aliphatic carbocycles. The monoisotopic (exact) mass is 461 g/mol. The van der Waals surface area contributed by atoms with E-state index in [4.69, 9.17) is 4.74 Å². The summed E-state index contributed by atoms with van der Waals surface area (Å²) in [4.78, 5) is 30.6. The van der Waals surface area contributed by atoms with Crippen molar-refractivity contribution >= 4 is 21.8 Å². The average Bonchev–Trinajstić information content (AvgIpc) is 2.93. The number of sulfonamides is 1. The van der Waals surface area contributed by atoms with E-state index in [0.717, 1.165) is 5.56 Å². The Labute approximate surface area is 189 Å². The highest BCUT2D eigenvalue weighted by Crippen LogP contribution is 2.23. The molecule has 9 heteroatoms. The molecule has 3 rings (SSSR count). The lowest BCUT2D eigenvalue weighted by molar-refractivity contribution is 0.0599. The number of esters is 1. The summed E-state index contributed by atoms with van der Waals surface area (Å²) < 4.78 is 32.4. The number of benzene rings is 1. The summed E-state index contributed by atoms with van der Waals surface area (Å²) in [5.74, 6) is -0.606. The van der Waals surface area contributed by atoms with E-state index in [9.17, 15) is 18.0 Å². The number of nitrogens with zero attached hydrogens (tertiary/aromatic N) is 2. The average molecular weight is 462 g/mol. The molecular weight excluding hydrogens is 430 g/mol. The Balaban J connectivity index is 1.75. The molecule has 0 spiro atoms. The fourth-order valence-corrected chi connectivity index (χ4v) is 5.65. The predicted octanol–water partition coefficient (Wildman–Crippen LogP) is 2.69. The number of ketones is 1. The third-order valence-electron chi connectivity index (χ3n) is 6.15. The van der Waals surface area contributed by atoms with Crippen LogP contribution in [0.1, 0.15) is 51.0 Å². The normalized spacial score (nSPS) is 17.0. The Morgan fingerprint density at radius 3 is 2.31 bits per heavy atom. The van der Waals surface area contributed by atoms with Crippen LogP contribution in [-0.2, 0) is 14.8 Å². The topological polar surface area (TPSA) is 99.8 Å². The number of carbonyl (C=O) groups excluding carboxylic acids is 2. The largest absolute Gasteiger partial charge is 0.465 e. The van der Waals surface area contributed by atoms with Gasteiger partial charge in [0.05, 0.1) is 29.3 Å². The second-order valence-corrected chi connectivity index (χ2v) is 10.2. The number of rotatable bonds is 6. The van der Waals surface area contributed by atoms with Crippen molar-refractivity contribution in [3.8, 4) is 0 Å². The molecule has 8 nitrogen and oxygen atoms in total. The van der Waals surface area contributed by atoms with Gasteiger partial charge in [0.25, 0.3) is 0 Å². The fraction of sp³-hybridized carbons (Fsp3) is 0.478. The van der Waals surface area contributed by atoms with Crippen LogP contribution in [0, 0.1) is 20.8 Å². The van der Waals surface area contributed by atoms with E-state index in [1.165, 1.54) is 11.4 Å². The molecule has 0 bridgehead atoms. The van der Waals surface area contributed by atoms with Crippen LogP contribution in [0.5, 0.6) is 0 Å². The minimum atomic E-state index is -3.58. The van der Waals surface area contributed by atoms with Gasteiger partial charge in [-0.15, -0.1) is 0 Å². The number of H-pyrrole nitrogens is 1. The highest BCUT2D eigenvalue weighted by atomic mass is 32.2. The number of methoxy groups -OCH3 is 1. The van der Waals surface area contributed by atoms with Crippen LogP contribution in [0.15, 0.2) is 29.2 Å². The number of nitrogens with one attached hydrogen (secondary N) is 1. The van der Waals surface area contributed by atoms with Crippen molar-refractivity contribution in [3.05, 3.63) is 52.3 Å². The van der Waals surface area contributed by atoms with Crippen LogP contribution in [0.2, 0.25) is 0 Å². The van der Waals surface area contributed by atoms with E-state index in [-0.39, 0.29) is 10.7 Å². The Bertz CT molecular complexity index is 1110. The molecule has 1 aliphatic rings. The maximum absolute atomic E-state index is 13.2. The van der Waals surface area contributed by atoms with Gasteiger partial charge in [0.1, 0.15) is 0 Å². The number of aryl methyl sites for hydroxylation is 2. The zero-order valence-corrected chi connectivity index (χ0v) is 20.1. The lowest BCUT2D eigenvalue weighted by atomic mass is 10.0. The molecule has 0 radical (unpaired) electrons. The van der Waals surface area contributed by atoms with E-state index in [1.54, 1.807) is 38.1 Å². The molecule has 2 heterocycles. The van der Waals surface area contributed by atoms with Crippen molar-refractivity contribution in [2.24, 2.45) is 0 Å². The minimum Gasteiger partial charge on any atom is -0.465 e. The first-order chi connectivity index (χ1) is 15.1. The summed E-state index contributed by atoms with van der Waals surface area (Å²) in [6, 6.07) is 6.39. The maximum atomic E-state index is 13.2. The minimum absolute atomic E-state index is 0.129. The molecule has 174 valence electrons. The number of hydrogen-bond donors (Lipinski definition) is 1. The number of carbonyl (C=O) groups is 2. The zero-order chi connectivity index (χ0) is 23.6. The van der Waals surface area contributed by atoms with Crippen molar-refractivity contribution in [2.75, 3.05) is 33.3 Å². The van der Waals surface area contributed by atoms with Crippen molar-refractivity contribution in [1.82, 2.24) is 14.2 Å². The first-order valence-electron chi connectivity index (χ1n) is 10.7. The summed E-state index contributed by atoms with van der Waals surface area (Å²) in [6.07, 6.45) is 0.624. The second kappa shape index (κ2) is 9.56. The molecule has 1 saturated heterocycles. The van der Waals surface area contributed by atoms with Crippen LogP contribution < -0.4 is 0 Å². The first kappa shape index (κ1) is 24.2. The van der Waals surface area contributed by atoms with Crippen molar-refractivity contribution in [2.45, 2.75) is 45.1 Å². The molecule has 0 unspecified atom stereocenters. The van der Waals surface area contributed by atoms with Crippen LogP contribution in [-0.4, -0.2) is 73.7 Å². The Morgan fingerprint density at radius 2 is 1.69 bits per heavy atom. The molecule has 1 aliphatic heterocycles. The molecule has 1 N–H and O–H groups in total. The fourth-order valence-electron chi connectivity index (χ4n) is 4.18. The van der Waals surface area contributed by atoms with Crippen molar-refractivity contribution < 1.29 is 22.7 Å². The Kier molecular flexibility index (Phi) is 7.22. The second-order valence-electron chi connectivity index (χ2n) is 8.26. The maximum Gasteiger partial charge on any atom is 0.339 e. The highest BCUT2D eigenvalue weighted by molar-refractivity contribution is 7.89. The van der Waals surface area contributed by atoms with Gasteiger partial charge in [-0.2, -0.15) is 4.31 Å². The van der Waals surface area contributed by atoms with Gasteiger partial charge >= 0.3 is 5.97 Å². The van der Waals surface area contributed by atoms with Crippen LogP contribution in [0.4, 0.5) is 0 Å². The lowest BCUT2D eigenvalue weighted by Gasteiger charge is -2.26. The zero-order valence-electron chi connectivity index (χ0n) is 19.3. The summed E-state index contributed by atoms with van der Waals surface area (Å²) in [6.45, 7) is 8.97. The van der Waals surface area contributed by atoms with Gasteiger partial charge in [-0.25, -0.2) is 13.2 Å². The number of ether oxygens (including phenoxy) is 1. The van der Waals surface area contributed by atoms with Gasteiger partial charge in [0.15, 0.2) is 5.78 Å². The molecule has 2 aromatic rings. The quantitative estimate of drug-likeness (QED) is 0.525. The number of aromatic amines is 1. The van der Waals surface area contributed by atoms with Crippen molar-refractivity contribution in [3.63, 3.8) is 0 Å². The summed E-state index contributed by atoms with van der Waals surface area (Å²) in [5.41, 5.74) is 2.95. The number of Topliss-reactive ketones (excluding diaryl/α,β-unsaturated/α-hetero) is 1. The van der Waals surface area contributed by atoms with Gasteiger partial charge in [-0.05, 0) is 51.8 Å². The van der Waals surface area contributed by atoms with Gasteiger partial charge in [0, 0.05) is 31.9 Å². The van der Waals surface area contributed by atoms with Gasteiger partial charge in [0.2, 0.25) is 10.0 Å². The number of hydrogen-bond acceptors (Lipinski definition) is 6. The van der Waals surface area contributed by atoms with Crippen molar-refractivity contribution in [1.29, 1.82) is 0 Å². The van der Waals surface area contributed by atoms with Gasteiger partial charge < -0.3 is 9.72 Å². The summed E-state index contributed by atoms with van der Waals surface area (Å²) in [5, 5.41) is 0. The molecule has 1 atom stereocenters. The summed E-state index contributed by atoms with van der Waals surface area (Å²) >= 11 is 0. The van der Waals surface area contributed by atoms with Gasteiger partial charge in [-0.1, -0.05) is 17.7 Å². The third kappa shape index (κ3) is 4.65. The molecule has 1 fully saturated rings. The first-order valence-corrected chi connectivity index (χ1v) is 12.1. The highest BCUT2D eigenvalue weighted by Gasteiger charge is 2.32. The van der Waals surface area contributed by atoms with E-state index in [2.05, 4.69) is 4.98 Å². The van der Waals surface area contributed by atoms with Crippen LogP contribution in [0.3, 0.4) is 0 Å². The molecule has 0 saturated carbocycles. The van der Waals surface area contributed by atoms with E-state index in [1.807, 2.05) is 18.7 Å². The standard InChI is InChI=1S/C23H31N3O5S/c1-15-7-9-19(10-8-15)32(29,30)26-12-6-11-25(13-14-26)18(4)22(27)21-16(2)20(17(3)24-21)23(28)31-5/h7-10,18,24H,6,11-14H2,1-5H3/t18-/m1/s1. The smallest absolute Gasteiger partial charge is 0.339 e. The summed E-state index contributed by atoms with van der Waals surface area (Å²) in [7, 11) is -2.27. The molecule has 1 aromatic carbocycles. The van der Waals surface area contributed by atoms with Gasteiger partial charge in [-0.3, -0.25) is 9.69 Å². The predicted molar refractivity (Wildman–Crippen MR) is 122 cm³/mol. The number of aromatic nitrogens is 1.